The lowest BCUT2D eigenvalue weighted by Gasteiger charge is -2.07. The number of carbonyl (C=O) groups is 1. The van der Waals surface area contributed by atoms with Gasteiger partial charge in [-0.25, -0.2) is 9.79 Å². The quantitative estimate of drug-likeness (QED) is 0.333. The Bertz CT molecular complexity index is 963. The number of ether oxygens (including phenoxy) is 2. The number of rotatable bonds is 6. The Labute approximate surface area is 156 Å². The monoisotopic (exact) mass is 366 g/mol. The van der Waals surface area contributed by atoms with E-state index in [1.54, 1.807) is 25.1 Å². The Morgan fingerprint density at radius 2 is 2.04 bits per heavy atom. The van der Waals surface area contributed by atoms with Crippen molar-refractivity contribution in [2.75, 3.05) is 6.61 Å². The van der Waals surface area contributed by atoms with Crippen molar-refractivity contribution < 1.29 is 19.2 Å². The average molecular weight is 366 g/mol. The number of nitro benzene ring substituents is 1. The van der Waals surface area contributed by atoms with Gasteiger partial charge in [-0.05, 0) is 31.6 Å². The van der Waals surface area contributed by atoms with Crippen molar-refractivity contribution in [2.24, 2.45) is 4.99 Å². The van der Waals surface area contributed by atoms with Gasteiger partial charge in [-0.2, -0.15) is 0 Å². The van der Waals surface area contributed by atoms with Gasteiger partial charge < -0.3 is 9.47 Å². The molecular formula is C20H18N2O5. The van der Waals surface area contributed by atoms with Gasteiger partial charge in [-0.3, -0.25) is 10.1 Å². The van der Waals surface area contributed by atoms with Gasteiger partial charge in [0.2, 0.25) is 5.90 Å². The van der Waals surface area contributed by atoms with Gasteiger partial charge in [0.1, 0.15) is 5.75 Å². The molecule has 2 aromatic carbocycles. The average Bonchev–Trinajstić information content (AvgIpc) is 3.01. The van der Waals surface area contributed by atoms with Crippen LogP contribution in [-0.2, 0) is 9.53 Å². The summed E-state index contributed by atoms with van der Waals surface area (Å²) in [6.07, 6.45) is 2.45. The van der Waals surface area contributed by atoms with E-state index in [-0.39, 0.29) is 17.3 Å². The van der Waals surface area contributed by atoms with E-state index < -0.39 is 10.9 Å². The molecule has 7 nitrogen and oxygen atoms in total. The number of esters is 1. The standard InChI is InChI=1S/C20H18N2O5/c1-3-10-26-18-7-5-4-6-14(18)11-16-20(23)27-19(21-16)15-9-8-13(2)17(12-15)22(24)25/h4-9,11-12H,3,10H2,1-2H3/b16-11-. The summed E-state index contributed by atoms with van der Waals surface area (Å²) in [6, 6.07) is 11.9. The first-order chi connectivity index (χ1) is 13.0. The maximum Gasteiger partial charge on any atom is 0.363 e. The molecule has 3 rings (SSSR count). The lowest BCUT2D eigenvalue weighted by molar-refractivity contribution is -0.385. The van der Waals surface area contributed by atoms with E-state index >= 15 is 0 Å². The van der Waals surface area contributed by atoms with Crippen LogP contribution in [0, 0.1) is 17.0 Å². The molecule has 0 spiro atoms. The van der Waals surface area contributed by atoms with Crippen molar-refractivity contribution in [1.29, 1.82) is 0 Å². The van der Waals surface area contributed by atoms with Crippen LogP contribution in [0.1, 0.15) is 30.0 Å². The number of aliphatic imine (C=N–C) groups is 1. The fraction of sp³-hybridized carbons (Fsp3) is 0.200. The second kappa shape index (κ2) is 7.82. The van der Waals surface area contributed by atoms with Gasteiger partial charge in [0.25, 0.3) is 5.69 Å². The Balaban J connectivity index is 1.95. The van der Waals surface area contributed by atoms with E-state index in [0.29, 0.717) is 29.0 Å². The molecule has 138 valence electrons. The van der Waals surface area contributed by atoms with E-state index in [1.165, 1.54) is 6.07 Å². The maximum absolute atomic E-state index is 12.2. The fourth-order valence-electron chi connectivity index (χ4n) is 2.56. The van der Waals surface area contributed by atoms with Crippen LogP contribution in [0.4, 0.5) is 5.69 Å². The van der Waals surface area contributed by atoms with Crippen molar-refractivity contribution >= 4 is 23.6 Å². The number of hydrogen-bond acceptors (Lipinski definition) is 6. The first-order valence-electron chi connectivity index (χ1n) is 8.49. The van der Waals surface area contributed by atoms with Gasteiger partial charge >= 0.3 is 5.97 Å². The summed E-state index contributed by atoms with van der Waals surface area (Å²) in [5.74, 6) is 0.0779. The highest BCUT2D eigenvalue weighted by Crippen LogP contribution is 2.26. The minimum absolute atomic E-state index is 0.0429. The van der Waals surface area contributed by atoms with Crippen LogP contribution >= 0.6 is 0 Å². The number of nitrogens with zero attached hydrogens (tertiary/aromatic N) is 2. The summed E-state index contributed by atoms with van der Waals surface area (Å²) in [4.78, 5) is 27.0. The molecule has 7 heteroatoms. The Morgan fingerprint density at radius 3 is 2.78 bits per heavy atom. The van der Waals surface area contributed by atoms with Crippen LogP contribution in [-0.4, -0.2) is 23.4 Å². The van der Waals surface area contributed by atoms with Gasteiger partial charge in [0.15, 0.2) is 5.70 Å². The van der Waals surface area contributed by atoms with Gasteiger partial charge in [-0.1, -0.05) is 31.2 Å². The number of para-hydroxylation sites is 1. The fourth-order valence-corrected chi connectivity index (χ4v) is 2.56. The van der Waals surface area contributed by atoms with Gasteiger partial charge in [-0.15, -0.1) is 0 Å². The summed E-state index contributed by atoms with van der Waals surface area (Å²) in [7, 11) is 0. The topological polar surface area (TPSA) is 91.0 Å². The lowest BCUT2D eigenvalue weighted by atomic mass is 10.1. The highest BCUT2D eigenvalue weighted by molar-refractivity contribution is 6.13. The minimum Gasteiger partial charge on any atom is -0.493 e. The molecule has 0 N–H and O–H groups in total. The predicted molar refractivity (Wildman–Crippen MR) is 101 cm³/mol. The molecule has 0 saturated heterocycles. The molecule has 0 radical (unpaired) electrons. The van der Waals surface area contributed by atoms with Crippen molar-refractivity contribution in [3.8, 4) is 5.75 Å². The molecule has 0 bridgehead atoms. The van der Waals surface area contributed by atoms with Crippen LogP contribution in [0.5, 0.6) is 5.75 Å². The number of benzene rings is 2. The summed E-state index contributed by atoms with van der Waals surface area (Å²) in [5.41, 5.74) is 1.66. The molecule has 1 aliphatic heterocycles. The number of aryl methyl sites for hydroxylation is 1. The zero-order valence-electron chi connectivity index (χ0n) is 15.0. The van der Waals surface area contributed by atoms with Crippen LogP contribution in [0.25, 0.3) is 6.08 Å². The maximum atomic E-state index is 12.2. The second-order valence-electron chi connectivity index (χ2n) is 5.98. The number of hydrogen-bond donors (Lipinski definition) is 0. The molecule has 1 heterocycles. The number of nitro groups is 1. The molecular weight excluding hydrogens is 348 g/mol. The molecule has 0 saturated carbocycles. The van der Waals surface area contributed by atoms with E-state index in [0.717, 1.165) is 6.42 Å². The molecule has 0 aliphatic carbocycles. The van der Waals surface area contributed by atoms with E-state index in [9.17, 15) is 14.9 Å². The highest BCUT2D eigenvalue weighted by atomic mass is 16.6. The lowest BCUT2D eigenvalue weighted by Crippen LogP contribution is -2.06. The molecule has 0 fully saturated rings. The second-order valence-corrected chi connectivity index (χ2v) is 5.98. The number of cyclic esters (lactones) is 1. The highest BCUT2D eigenvalue weighted by Gasteiger charge is 2.26. The van der Waals surface area contributed by atoms with Crippen molar-refractivity contribution in [1.82, 2.24) is 0 Å². The van der Waals surface area contributed by atoms with Crippen LogP contribution in [0.3, 0.4) is 0 Å². The predicted octanol–water partition coefficient (Wildman–Crippen LogP) is 4.04. The van der Waals surface area contributed by atoms with Gasteiger partial charge in [0, 0.05) is 22.8 Å². The van der Waals surface area contributed by atoms with Crippen molar-refractivity contribution in [3.05, 3.63) is 75.0 Å². The molecule has 2 aromatic rings. The molecule has 0 unspecified atom stereocenters. The first kappa shape index (κ1) is 18.3. The number of carbonyl (C=O) groups excluding carboxylic acids is 1. The van der Waals surface area contributed by atoms with Crippen LogP contribution < -0.4 is 4.74 Å². The third kappa shape index (κ3) is 4.03. The van der Waals surface area contributed by atoms with Crippen molar-refractivity contribution in [2.45, 2.75) is 20.3 Å². The minimum atomic E-state index is -0.612. The van der Waals surface area contributed by atoms with E-state index in [2.05, 4.69) is 4.99 Å². The largest absolute Gasteiger partial charge is 0.493 e. The zero-order valence-corrected chi connectivity index (χ0v) is 15.0. The van der Waals surface area contributed by atoms with Crippen LogP contribution in [0.15, 0.2) is 53.2 Å². The molecule has 0 amide bonds. The Morgan fingerprint density at radius 1 is 1.26 bits per heavy atom. The molecule has 27 heavy (non-hydrogen) atoms. The van der Waals surface area contributed by atoms with Gasteiger partial charge in [0.05, 0.1) is 11.5 Å². The van der Waals surface area contributed by atoms with E-state index in [1.807, 2.05) is 31.2 Å². The molecule has 0 aromatic heterocycles. The van der Waals surface area contributed by atoms with E-state index in [4.69, 9.17) is 9.47 Å². The summed E-state index contributed by atoms with van der Waals surface area (Å²) in [6.45, 7) is 4.21. The SMILES string of the molecule is CCCOc1ccccc1/C=C1\N=C(c2ccc(C)c([N+](=O)[O-])c2)OC1=O. The summed E-state index contributed by atoms with van der Waals surface area (Å²) in [5, 5.41) is 11.1. The normalized spacial score (nSPS) is 14.8. The Hall–Kier alpha value is -3.48. The van der Waals surface area contributed by atoms with Crippen molar-refractivity contribution in [3.63, 3.8) is 0 Å². The smallest absolute Gasteiger partial charge is 0.363 e. The molecule has 0 atom stereocenters. The third-order valence-corrected chi connectivity index (χ3v) is 3.95. The zero-order chi connectivity index (χ0) is 19.4. The first-order valence-corrected chi connectivity index (χ1v) is 8.49. The molecule has 1 aliphatic rings. The summed E-state index contributed by atoms with van der Waals surface area (Å²) < 4.78 is 10.9. The van der Waals surface area contributed by atoms with Crippen LogP contribution in [0.2, 0.25) is 0 Å². The summed E-state index contributed by atoms with van der Waals surface area (Å²) >= 11 is 0. The third-order valence-electron chi connectivity index (χ3n) is 3.95. The Kier molecular flexibility index (Phi) is 5.30.